The summed E-state index contributed by atoms with van der Waals surface area (Å²) in [6, 6.07) is 51.6. The zero-order valence-corrected chi connectivity index (χ0v) is 26.5. The first-order valence-corrected chi connectivity index (χ1v) is 16.6. The van der Waals surface area contributed by atoms with Gasteiger partial charge in [0, 0.05) is 35.4 Å². The Bertz CT molecular complexity index is 2730. The van der Waals surface area contributed by atoms with E-state index in [9.17, 15) is 0 Å². The standard InChI is InChI=1S/C44H29FN2S/c1-28-18-20-30(21-19-28)32-23-25-41-37(26-32)35-14-8-15-36(43(35)48-41)44-46-39-17-9-16-38(45)42(39)47(44)40-27-33(29-10-4-2-5-11-29)22-24-34(40)31-12-6-3-7-13-31/h2-27H,1H3/i1D3. The zero-order valence-electron chi connectivity index (χ0n) is 28.7. The molecular weight excluding hydrogens is 608 g/mol. The van der Waals surface area contributed by atoms with Crippen molar-refractivity contribution in [3.05, 3.63) is 169 Å². The molecule has 0 bridgehead atoms. The molecule has 7 aromatic carbocycles. The van der Waals surface area contributed by atoms with Crippen LogP contribution < -0.4 is 0 Å². The normalized spacial score (nSPS) is 12.7. The first-order chi connectivity index (χ1) is 24.8. The van der Waals surface area contributed by atoms with Crippen molar-refractivity contribution >= 4 is 42.5 Å². The van der Waals surface area contributed by atoms with Gasteiger partial charge in [-0.2, -0.15) is 0 Å². The summed E-state index contributed by atoms with van der Waals surface area (Å²) in [5.74, 6) is 0.322. The van der Waals surface area contributed by atoms with Crippen LogP contribution in [0, 0.1) is 12.7 Å². The lowest BCUT2D eigenvalue weighted by atomic mass is 9.97. The number of thiophene rings is 1. The molecule has 0 fully saturated rings. The van der Waals surface area contributed by atoms with E-state index < -0.39 is 6.85 Å². The van der Waals surface area contributed by atoms with Crippen LogP contribution in [0.5, 0.6) is 0 Å². The summed E-state index contributed by atoms with van der Waals surface area (Å²) in [6.07, 6.45) is 0. The summed E-state index contributed by atoms with van der Waals surface area (Å²) in [5.41, 5.74) is 9.12. The molecule has 228 valence electrons. The molecule has 2 nitrogen and oxygen atoms in total. The fourth-order valence-electron chi connectivity index (χ4n) is 6.71. The topological polar surface area (TPSA) is 17.8 Å². The second-order valence-electron chi connectivity index (χ2n) is 11.9. The van der Waals surface area contributed by atoms with E-state index in [1.807, 2.05) is 65.2 Å². The molecule has 0 aliphatic rings. The van der Waals surface area contributed by atoms with Crippen LogP contribution in [0.3, 0.4) is 0 Å². The lowest BCUT2D eigenvalue weighted by Gasteiger charge is -2.17. The van der Waals surface area contributed by atoms with Crippen molar-refractivity contribution in [1.82, 2.24) is 9.55 Å². The van der Waals surface area contributed by atoms with Crippen LogP contribution in [0.2, 0.25) is 0 Å². The van der Waals surface area contributed by atoms with E-state index in [4.69, 9.17) is 9.10 Å². The lowest BCUT2D eigenvalue weighted by Crippen LogP contribution is -2.02. The van der Waals surface area contributed by atoms with Crippen molar-refractivity contribution in [2.45, 2.75) is 6.85 Å². The number of fused-ring (bicyclic) bond motifs is 4. The van der Waals surface area contributed by atoms with E-state index in [1.165, 1.54) is 6.07 Å². The molecule has 0 spiro atoms. The predicted molar refractivity (Wildman–Crippen MR) is 200 cm³/mol. The van der Waals surface area contributed by atoms with Crippen LogP contribution >= 0.6 is 11.3 Å². The average Bonchev–Trinajstić information content (AvgIpc) is 3.74. The summed E-state index contributed by atoms with van der Waals surface area (Å²) in [5, 5.41) is 2.17. The minimum Gasteiger partial charge on any atom is -0.289 e. The van der Waals surface area contributed by atoms with E-state index in [0.29, 0.717) is 22.4 Å². The first kappa shape index (κ1) is 25.3. The highest BCUT2D eigenvalue weighted by Crippen LogP contribution is 2.44. The molecule has 0 saturated heterocycles. The summed E-state index contributed by atoms with van der Waals surface area (Å²) in [4.78, 5) is 5.15. The SMILES string of the molecule is [2H]C([2H])([2H])c1ccc(-c2ccc3sc4c(-c5nc6cccc(F)c6n5-c5cc(-c6ccccc6)ccc5-c5ccccc5)cccc4c3c2)cc1. The molecule has 0 aliphatic heterocycles. The van der Waals surface area contributed by atoms with E-state index in [-0.39, 0.29) is 5.82 Å². The van der Waals surface area contributed by atoms with Gasteiger partial charge in [0.15, 0.2) is 0 Å². The highest BCUT2D eigenvalue weighted by Gasteiger charge is 2.23. The minimum absolute atomic E-state index is 0.321. The van der Waals surface area contributed by atoms with E-state index in [1.54, 1.807) is 29.5 Å². The maximum atomic E-state index is 16.1. The Kier molecular flexibility index (Phi) is 6.03. The summed E-state index contributed by atoms with van der Waals surface area (Å²) < 4.78 is 43.5. The maximum Gasteiger partial charge on any atom is 0.149 e. The van der Waals surface area contributed by atoms with Gasteiger partial charge in [0.2, 0.25) is 0 Å². The first-order valence-electron chi connectivity index (χ1n) is 17.3. The fraction of sp³-hybridized carbons (Fsp3) is 0.0227. The van der Waals surface area contributed by atoms with Gasteiger partial charge >= 0.3 is 0 Å². The van der Waals surface area contributed by atoms with Gasteiger partial charge in [0.25, 0.3) is 0 Å². The number of imidazole rings is 1. The van der Waals surface area contributed by atoms with Gasteiger partial charge < -0.3 is 0 Å². The molecular formula is C44H29FN2S. The molecule has 2 heterocycles. The number of aryl methyl sites for hydroxylation is 1. The third-order valence-corrected chi connectivity index (χ3v) is 10.2. The van der Waals surface area contributed by atoms with Crippen molar-refractivity contribution < 1.29 is 8.50 Å². The van der Waals surface area contributed by atoms with E-state index in [0.717, 1.165) is 64.8 Å². The Balaban J connectivity index is 1.28. The molecule has 48 heavy (non-hydrogen) atoms. The zero-order chi connectivity index (χ0) is 34.7. The van der Waals surface area contributed by atoms with E-state index >= 15 is 4.39 Å². The quantitative estimate of drug-likeness (QED) is 0.183. The van der Waals surface area contributed by atoms with Gasteiger partial charge in [0.05, 0.1) is 11.2 Å². The molecule has 2 aromatic heterocycles. The third kappa shape index (κ3) is 4.73. The molecule has 0 atom stereocenters. The van der Waals surface area contributed by atoms with Crippen LogP contribution in [-0.4, -0.2) is 9.55 Å². The van der Waals surface area contributed by atoms with Crippen LogP contribution in [0.25, 0.3) is 81.7 Å². The molecule has 0 N–H and O–H groups in total. The highest BCUT2D eigenvalue weighted by molar-refractivity contribution is 7.26. The highest BCUT2D eigenvalue weighted by atomic mass is 32.1. The summed E-state index contributed by atoms with van der Waals surface area (Å²) >= 11 is 1.69. The van der Waals surface area contributed by atoms with Crippen LogP contribution in [0.4, 0.5) is 4.39 Å². The Morgan fingerprint density at radius 3 is 2.06 bits per heavy atom. The van der Waals surface area contributed by atoms with Gasteiger partial charge in [-0.15, -0.1) is 11.3 Å². The van der Waals surface area contributed by atoms with Crippen LogP contribution in [0.1, 0.15) is 9.68 Å². The van der Waals surface area contributed by atoms with Crippen molar-refractivity contribution in [2.24, 2.45) is 0 Å². The number of rotatable bonds is 5. The number of hydrogen-bond donors (Lipinski definition) is 0. The minimum atomic E-state index is -2.15. The number of nitrogens with zero attached hydrogens (tertiary/aromatic N) is 2. The second-order valence-corrected chi connectivity index (χ2v) is 13.0. The van der Waals surface area contributed by atoms with Crippen molar-refractivity contribution in [2.75, 3.05) is 0 Å². The molecule has 0 saturated carbocycles. The number of benzene rings is 7. The smallest absolute Gasteiger partial charge is 0.149 e. The van der Waals surface area contributed by atoms with E-state index in [2.05, 4.69) is 72.8 Å². The Morgan fingerprint density at radius 1 is 0.583 bits per heavy atom. The molecule has 9 rings (SSSR count). The summed E-state index contributed by atoms with van der Waals surface area (Å²) in [7, 11) is 0. The van der Waals surface area contributed by atoms with Gasteiger partial charge in [-0.1, -0.05) is 127 Å². The number of para-hydroxylation sites is 1. The molecule has 0 unspecified atom stereocenters. The predicted octanol–water partition coefficient (Wildman–Crippen LogP) is 12.5. The monoisotopic (exact) mass is 639 g/mol. The van der Waals surface area contributed by atoms with Gasteiger partial charge in [-0.05, 0) is 71.1 Å². The van der Waals surface area contributed by atoms with Gasteiger partial charge in [-0.25, -0.2) is 9.37 Å². The Hall–Kier alpha value is -5.84. The molecule has 0 amide bonds. The van der Waals surface area contributed by atoms with Crippen molar-refractivity contribution in [3.63, 3.8) is 0 Å². The van der Waals surface area contributed by atoms with Crippen molar-refractivity contribution in [3.8, 4) is 50.5 Å². The average molecular weight is 640 g/mol. The Labute approximate surface area is 286 Å². The summed E-state index contributed by atoms with van der Waals surface area (Å²) in [6.45, 7) is -2.15. The van der Waals surface area contributed by atoms with Crippen LogP contribution in [-0.2, 0) is 0 Å². The number of halogens is 1. The molecule has 0 aliphatic carbocycles. The Morgan fingerprint density at radius 2 is 1.27 bits per heavy atom. The molecule has 4 heteroatoms. The largest absolute Gasteiger partial charge is 0.289 e. The lowest BCUT2D eigenvalue weighted by molar-refractivity contribution is 0.635. The number of hydrogen-bond acceptors (Lipinski definition) is 2. The molecule has 0 radical (unpaired) electrons. The van der Waals surface area contributed by atoms with Gasteiger partial charge in [0.1, 0.15) is 17.2 Å². The fourth-order valence-corrected chi connectivity index (χ4v) is 7.90. The third-order valence-electron chi connectivity index (χ3n) is 9.01. The number of aromatic nitrogens is 2. The van der Waals surface area contributed by atoms with Crippen molar-refractivity contribution in [1.29, 1.82) is 0 Å². The van der Waals surface area contributed by atoms with Gasteiger partial charge in [-0.3, -0.25) is 4.57 Å². The van der Waals surface area contributed by atoms with Crippen LogP contribution in [0.15, 0.2) is 158 Å². The molecule has 9 aromatic rings. The second kappa shape index (κ2) is 11.4. The maximum absolute atomic E-state index is 16.1.